The van der Waals surface area contributed by atoms with Crippen LogP contribution >= 0.6 is 11.3 Å². The van der Waals surface area contributed by atoms with Gasteiger partial charge in [-0.05, 0) is 19.4 Å². The number of nitrogens with one attached hydrogen (secondary N) is 1. The van der Waals surface area contributed by atoms with E-state index in [9.17, 15) is 4.79 Å². The molecule has 1 unspecified atom stereocenters. The monoisotopic (exact) mass is 213 g/mol. The average Bonchev–Trinajstić information content (AvgIpc) is 2.50. The van der Waals surface area contributed by atoms with Gasteiger partial charge in [-0.3, -0.25) is 4.79 Å². The number of rotatable bonds is 4. The topological polar surface area (TPSA) is 68.0 Å². The standard InChI is InChI=1S/C9H15N3OS/c1-6(4-10)3-8(13)12-9-11-7(2)5-14-9/h5-6H,3-4,10H2,1-2H3,(H,11,12,13). The van der Waals surface area contributed by atoms with Crippen molar-refractivity contribution in [1.29, 1.82) is 0 Å². The van der Waals surface area contributed by atoms with Crippen LogP contribution in [0, 0.1) is 12.8 Å². The maximum absolute atomic E-state index is 11.4. The van der Waals surface area contributed by atoms with Gasteiger partial charge in [0.1, 0.15) is 0 Å². The molecule has 0 aromatic carbocycles. The molecule has 0 radical (unpaired) electrons. The summed E-state index contributed by atoms with van der Waals surface area (Å²) in [6, 6.07) is 0. The predicted octanol–water partition coefficient (Wildman–Crippen LogP) is 1.37. The molecule has 1 amide bonds. The van der Waals surface area contributed by atoms with Gasteiger partial charge >= 0.3 is 0 Å². The van der Waals surface area contributed by atoms with Crippen LogP contribution in [0.3, 0.4) is 0 Å². The molecule has 0 aliphatic heterocycles. The summed E-state index contributed by atoms with van der Waals surface area (Å²) in [7, 11) is 0. The maximum Gasteiger partial charge on any atom is 0.226 e. The van der Waals surface area contributed by atoms with E-state index in [2.05, 4.69) is 10.3 Å². The van der Waals surface area contributed by atoms with Crippen LogP contribution in [0.5, 0.6) is 0 Å². The minimum absolute atomic E-state index is 0.0164. The Morgan fingerprint density at radius 2 is 2.50 bits per heavy atom. The Kier molecular flexibility index (Phi) is 4.03. The van der Waals surface area contributed by atoms with E-state index in [4.69, 9.17) is 5.73 Å². The van der Waals surface area contributed by atoms with E-state index in [1.54, 1.807) is 0 Å². The van der Waals surface area contributed by atoms with Crippen LogP contribution < -0.4 is 11.1 Å². The normalized spacial score (nSPS) is 12.5. The Bertz CT molecular complexity index is 311. The Balaban J connectivity index is 2.41. The second kappa shape index (κ2) is 5.07. The smallest absolute Gasteiger partial charge is 0.226 e. The fraction of sp³-hybridized carbons (Fsp3) is 0.556. The molecule has 1 atom stereocenters. The van der Waals surface area contributed by atoms with Crippen molar-refractivity contribution in [1.82, 2.24) is 4.98 Å². The summed E-state index contributed by atoms with van der Waals surface area (Å²) < 4.78 is 0. The number of carbonyl (C=O) groups excluding carboxylic acids is 1. The van der Waals surface area contributed by atoms with E-state index in [0.717, 1.165) is 5.69 Å². The maximum atomic E-state index is 11.4. The fourth-order valence-corrected chi connectivity index (χ4v) is 1.69. The molecule has 0 bridgehead atoms. The molecule has 1 rings (SSSR count). The molecule has 4 nitrogen and oxygen atoms in total. The van der Waals surface area contributed by atoms with Crippen molar-refractivity contribution in [3.63, 3.8) is 0 Å². The first-order valence-electron chi connectivity index (χ1n) is 4.54. The van der Waals surface area contributed by atoms with Crippen LogP contribution in [0.25, 0.3) is 0 Å². The lowest BCUT2D eigenvalue weighted by Crippen LogP contribution is -2.19. The number of amides is 1. The zero-order valence-electron chi connectivity index (χ0n) is 8.41. The highest BCUT2D eigenvalue weighted by Gasteiger charge is 2.09. The number of hydrogen-bond acceptors (Lipinski definition) is 4. The van der Waals surface area contributed by atoms with E-state index < -0.39 is 0 Å². The summed E-state index contributed by atoms with van der Waals surface area (Å²) in [5.41, 5.74) is 6.35. The number of thiazole rings is 1. The Morgan fingerprint density at radius 3 is 3.00 bits per heavy atom. The number of aromatic nitrogens is 1. The van der Waals surface area contributed by atoms with Gasteiger partial charge < -0.3 is 11.1 Å². The molecular weight excluding hydrogens is 198 g/mol. The van der Waals surface area contributed by atoms with Crippen molar-refractivity contribution in [2.24, 2.45) is 11.7 Å². The number of carbonyl (C=O) groups is 1. The molecule has 1 aromatic rings. The summed E-state index contributed by atoms with van der Waals surface area (Å²) in [5, 5.41) is 5.31. The summed E-state index contributed by atoms with van der Waals surface area (Å²) >= 11 is 1.44. The highest BCUT2D eigenvalue weighted by atomic mass is 32.1. The largest absolute Gasteiger partial charge is 0.330 e. The van der Waals surface area contributed by atoms with Crippen molar-refractivity contribution in [3.05, 3.63) is 11.1 Å². The predicted molar refractivity (Wildman–Crippen MR) is 58.3 cm³/mol. The lowest BCUT2D eigenvalue weighted by atomic mass is 10.1. The number of nitrogens with zero attached hydrogens (tertiary/aromatic N) is 1. The van der Waals surface area contributed by atoms with Crippen molar-refractivity contribution < 1.29 is 4.79 Å². The molecule has 1 heterocycles. The van der Waals surface area contributed by atoms with Crippen LogP contribution in [0.4, 0.5) is 5.13 Å². The third-order valence-corrected chi connectivity index (χ3v) is 2.68. The first-order valence-corrected chi connectivity index (χ1v) is 5.42. The first-order chi connectivity index (χ1) is 6.61. The zero-order chi connectivity index (χ0) is 10.6. The minimum atomic E-state index is -0.0164. The summed E-state index contributed by atoms with van der Waals surface area (Å²) in [4.78, 5) is 15.5. The average molecular weight is 213 g/mol. The molecule has 1 aromatic heterocycles. The van der Waals surface area contributed by atoms with Crippen molar-refractivity contribution in [2.75, 3.05) is 11.9 Å². The number of aryl methyl sites for hydroxylation is 1. The lowest BCUT2D eigenvalue weighted by molar-refractivity contribution is -0.116. The van der Waals surface area contributed by atoms with Crippen LogP contribution in [-0.4, -0.2) is 17.4 Å². The van der Waals surface area contributed by atoms with E-state index in [1.807, 2.05) is 19.2 Å². The second-order valence-electron chi connectivity index (χ2n) is 3.39. The second-order valence-corrected chi connectivity index (χ2v) is 4.25. The van der Waals surface area contributed by atoms with Gasteiger partial charge in [0.05, 0.1) is 5.69 Å². The molecule has 3 N–H and O–H groups in total. The summed E-state index contributed by atoms with van der Waals surface area (Å²) in [6.07, 6.45) is 0.453. The summed E-state index contributed by atoms with van der Waals surface area (Å²) in [5.74, 6) is 0.202. The molecule has 0 aliphatic carbocycles. The van der Waals surface area contributed by atoms with Gasteiger partial charge in [-0.1, -0.05) is 6.92 Å². The van der Waals surface area contributed by atoms with Crippen LogP contribution in [0.15, 0.2) is 5.38 Å². The molecule has 78 valence electrons. The van der Waals surface area contributed by atoms with Gasteiger partial charge in [-0.15, -0.1) is 11.3 Å². The molecule has 0 aliphatic rings. The van der Waals surface area contributed by atoms with Crippen molar-refractivity contribution in [3.8, 4) is 0 Å². The zero-order valence-corrected chi connectivity index (χ0v) is 9.23. The molecule has 0 fully saturated rings. The van der Waals surface area contributed by atoms with Gasteiger partial charge in [0.2, 0.25) is 5.91 Å². The van der Waals surface area contributed by atoms with Crippen LogP contribution in [-0.2, 0) is 4.79 Å². The van der Waals surface area contributed by atoms with Gasteiger partial charge in [-0.2, -0.15) is 0 Å². The Labute approximate surface area is 87.5 Å². The third-order valence-electron chi connectivity index (χ3n) is 1.80. The first kappa shape index (κ1) is 11.1. The molecule has 0 saturated heterocycles. The number of nitrogens with two attached hydrogens (primary N) is 1. The van der Waals surface area contributed by atoms with E-state index in [1.165, 1.54) is 11.3 Å². The Morgan fingerprint density at radius 1 is 1.79 bits per heavy atom. The van der Waals surface area contributed by atoms with Crippen LogP contribution in [0.1, 0.15) is 19.0 Å². The lowest BCUT2D eigenvalue weighted by Gasteiger charge is -2.06. The third kappa shape index (κ3) is 3.43. The van der Waals surface area contributed by atoms with E-state index in [-0.39, 0.29) is 11.8 Å². The highest BCUT2D eigenvalue weighted by molar-refractivity contribution is 7.13. The van der Waals surface area contributed by atoms with E-state index >= 15 is 0 Å². The van der Waals surface area contributed by atoms with Crippen molar-refractivity contribution >= 4 is 22.4 Å². The number of hydrogen-bond donors (Lipinski definition) is 2. The molecule has 0 spiro atoms. The Hall–Kier alpha value is -0.940. The minimum Gasteiger partial charge on any atom is -0.330 e. The van der Waals surface area contributed by atoms with Gasteiger partial charge in [0, 0.05) is 11.8 Å². The van der Waals surface area contributed by atoms with Crippen molar-refractivity contribution in [2.45, 2.75) is 20.3 Å². The van der Waals surface area contributed by atoms with Gasteiger partial charge in [-0.25, -0.2) is 4.98 Å². The SMILES string of the molecule is Cc1csc(NC(=O)CC(C)CN)n1. The summed E-state index contributed by atoms with van der Waals surface area (Å²) in [6.45, 7) is 4.38. The van der Waals surface area contributed by atoms with Gasteiger partial charge in [0.15, 0.2) is 5.13 Å². The highest BCUT2D eigenvalue weighted by Crippen LogP contribution is 2.15. The number of anilines is 1. The molecule has 0 saturated carbocycles. The molecular formula is C9H15N3OS. The molecule has 5 heteroatoms. The molecule has 14 heavy (non-hydrogen) atoms. The fourth-order valence-electron chi connectivity index (χ4n) is 0.982. The van der Waals surface area contributed by atoms with Gasteiger partial charge in [0.25, 0.3) is 0 Å². The quantitative estimate of drug-likeness (QED) is 0.793. The van der Waals surface area contributed by atoms with E-state index in [0.29, 0.717) is 18.1 Å². The van der Waals surface area contributed by atoms with Crippen LogP contribution in [0.2, 0.25) is 0 Å².